The van der Waals surface area contributed by atoms with Gasteiger partial charge in [0.1, 0.15) is 0 Å². The summed E-state index contributed by atoms with van der Waals surface area (Å²) >= 11 is 4.98. The third-order valence-electron chi connectivity index (χ3n) is 0.612. The monoisotopic (exact) mass is 323 g/mol. The SMILES string of the molecule is CC([NH-])C[NH-].CC([NH-])C[NH-].N#C[SH2+].N#C[SH2+].[Co+3]. The molecule has 0 bridgehead atoms. The summed E-state index contributed by atoms with van der Waals surface area (Å²) in [5, 5.41) is 17.6. The number of nitrogens with one attached hydrogen (secondary N) is 4. The maximum Gasteiger partial charge on any atom is 3.00 e. The van der Waals surface area contributed by atoms with Crippen LogP contribution in [0.2, 0.25) is 0 Å². The van der Waals surface area contributed by atoms with Crippen molar-refractivity contribution >= 4 is 25.3 Å². The minimum atomic E-state index is -0.199. The number of nitriles is 2. The average Bonchev–Trinajstić information content (AvgIpc) is 2.21. The molecule has 6 nitrogen and oxygen atoms in total. The van der Waals surface area contributed by atoms with Gasteiger partial charge in [0.25, 0.3) is 0 Å². The first-order valence-corrected chi connectivity index (χ1v) is 5.20. The van der Waals surface area contributed by atoms with Gasteiger partial charge in [-0.05, 0) is 0 Å². The van der Waals surface area contributed by atoms with Gasteiger partial charge in [-0.2, -0.15) is 25.2 Å². The minimum Gasteiger partial charge on any atom is -0.679 e. The second-order valence-corrected chi connectivity index (χ2v) is 2.88. The van der Waals surface area contributed by atoms with Crippen molar-refractivity contribution in [2.45, 2.75) is 25.9 Å². The van der Waals surface area contributed by atoms with Gasteiger partial charge in [0.15, 0.2) is 0 Å². The van der Waals surface area contributed by atoms with Gasteiger partial charge >= 0.3 is 27.6 Å². The van der Waals surface area contributed by atoms with Gasteiger partial charge in [0, 0.05) is 0 Å². The van der Waals surface area contributed by atoms with E-state index in [-0.39, 0.29) is 42.0 Å². The molecule has 0 aliphatic rings. The molecule has 4 N–H and O–H groups in total. The fourth-order valence-corrected chi connectivity index (χ4v) is 0. The summed E-state index contributed by atoms with van der Waals surface area (Å²) < 4.78 is 0. The molecule has 0 aromatic rings. The molecule has 0 spiro atoms. The van der Waals surface area contributed by atoms with Crippen molar-refractivity contribution in [1.29, 1.82) is 10.5 Å². The third kappa shape index (κ3) is 194. The first-order chi connectivity index (χ1) is 7.37. The van der Waals surface area contributed by atoms with Crippen molar-refractivity contribution in [3.8, 4) is 10.8 Å². The van der Waals surface area contributed by atoms with Crippen LogP contribution in [0.15, 0.2) is 0 Å². The molecule has 0 saturated heterocycles. The van der Waals surface area contributed by atoms with Crippen LogP contribution in [0, 0.1) is 21.3 Å². The van der Waals surface area contributed by atoms with Crippen molar-refractivity contribution in [3.63, 3.8) is 0 Å². The van der Waals surface area contributed by atoms with Crippen LogP contribution in [0.25, 0.3) is 22.9 Å². The number of hydrogen-bond donors (Lipinski definition) is 0. The summed E-state index contributed by atoms with van der Waals surface area (Å²) in [7, 11) is 0. The Balaban J connectivity index is -0.0000000381. The zero-order valence-electron chi connectivity index (χ0n) is 9.80. The summed E-state index contributed by atoms with van der Waals surface area (Å²) in [5.41, 5.74) is 26.2. The summed E-state index contributed by atoms with van der Waals surface area (Å²) in [6.45, 7) is 3.85. The predicted octanol–water partition coefficient (Wildman–Crippen LogP) is 1.91. The smallest absolute Gasteiger partial charge is 0.679 e. The van der Waals surface area contributed by atoms with E-state index in [0.717, 1.165) is 0 Å². The van der Waals surface area contributed by atoms with E-state index in [0.29, 0.717) is 0 Å². The molecule has 17 heavy (non-hydrogen) atoms. The average molecular weight is 323 g/mol. The van der Waals surface area contributed by atoms with Crippen LogP contribution >= 0.6 is 0 Å². The molecule has 0 aliphatic heterocycles. The van der Waals surface area contributed by atoms with Crippen LogP contribution in [0.5, 0.6) is 0 Å². The molecule has 0 heterocycles. The van der Waals surface area contributed by atoms with E-state index in [1.165, 1.54) is 0 Å². The van der Waals surface area contributed by atoms with Gasteiger partial charge in [-0.1, -0.05) is 13.8 Å². The topological polar surface area (TPSA) is 143 Å². The van der Waals surface area contributed by atoms with E-state index < -0.39 is 0 Å². The van der Waals surface area contributed by atoms with E-state index in [1.54, 1.807) is 24.6 Å². The Labute approximate surface area is 125 Å². The summed E-state index contributed by atoms with van der Waals surface area (Å²) in [5.74, 6) is 0. The van der Waals surface area contributed by atoms with Gasteiger partial charge in [-0.15, -0.1) is 10.5 Å². The molecule has 0 aromatic carbocycles. The van der Waals surface area contributed by atoms with E-state index in [2.05, 4.69) is 25.3 Å². The Morgan fingerprint density at radius 2 is 1.00 bits per heavy atom. The van der Waals surface area contributed by atoms with Crippen molar-refractivity contribution in [3.05, 3.63) is 22.9 Å². The molecule has 102 valence electrons. The standard InChI is InChI=1S/2C3H8N2.2CHNS.Co/c2*1-3(5)2-4;2*2-1-3;/h2*3-5H,2H2,1H3;2*3H;/q2*-2;;;+3/p+2. The van der Waals surface area contributed by atoms with Gasteiger partial charge in [-0.25, -0.2) is 0 Å². The molecule has 0 amide bonds. The van der Waals surface area contributed by atoms with E-state index in [4.69, 9.17) is 33.5 Å². The number of thiocyanates is 2. The molecular formula is C8H20CoN6S2+. The Kier molecular flexibility index (Phi) is 64.0. The van der Waals surface area contributed by atoms with Gasteiger partial charge in [0.05, 0.1) is 25.3 Å². The number of hydrogen-bond acceptors (Lipinski definition) is 2. The van der Waals surface area contributed by atoms with E-state index in [9.17, 15) is 0 Å². The van der Waals surface area contributed by atoms with Crippen LogP contribution in [0.3, 0.4) is 0 Å². The Morgan fingerprint density at radius 3 is 1.00 bits per heavy atom. The van der Waals surface area contributed by atoms with Crippen LogP contribution in [0.4, 0.5) is 0 Å². The van der Waals surface area contributed by atoms with Crippen LogP contribution in [-0.4, -0.2) is 25.2 Å². The second-order valence-electron chi connectivity index (χ2n) is 2.43. The molecule has 0 rings (SSSR count). The number of rotatable bonds is 2. The van der Waals surface area contributed by atoms with Crippen LogP contribution in [-0.2, 0) is 42.0 Å². The third-order valence-corrected chi connectivity index (χ3v) is 0.612. The molecule has 9 heteroatoms. The first-order valence-electron chi connectivity index (χ1n) is 4.20. The molecule has 2 unspecified atom stereocenters. The van der Waals surface area contributed by atoms with Crippen molar-refractivity contribution in [2.24, 2.45) is 0 Å². The zero-order valence-corrected chi connectivity index (χ0v) is 12.8. The fraction of sp³-hybridized carbons (Fsp3) is 0.750. The van der Waals surface area contributed by atoms with Crippen molar-refractivity contribution in [1.82, 2.24) is 0 Å². The molecular weight excluding hydrogens is 303 g/mol. The fourth-order valence-electron chi connectivity index (χ4n) is 0. The quantitative estimate of drug-likeness (QED) is 0.565. The number of nitrogens with zero attached hydrogens (tertiary/aromatic N) is 2. The van der Waals surface area contributed by atoms with Crippen LogP contribution < -0.4 is 0 Å². The van der Waals surface area contributed by atoms with Crippen LogP contribution in [0.1, 0.15) is 13.8 Å². The maximum absolute atomic E-state index is 7.23. The Hall–Kier alpha value is 0.0265. The zero-order chi connectivity index (χ0) is 14.0. The second kappa shape index (κ2) is 36.0. The van der Waals surface area contributed by atoms with E-state index in [1.807, 2.05) is 0 Å². The summed E-state index contributed by atoms with van der Waals surface area (Å²) in [6, 6.07) is -0.398. The molecule has 0 radical (unpaired) electrons. The molecule has 0 aromatic heterocycles. The summed E-state index contributed by atoms with van der Waals surface area (Å²) in [4.78, 5) is 0. The normalized spacial score (nSPS) is 9.76. The maximum atomic E-state index is 7.23. The molecule has 0 aliphatic carbocycles. The van der Waals surface area contributed by atoms with Gasteiger partial charge in [0.2, 0.25) is 0 Å². The van der Waals surface area contributed by atoms with Gasteiger partial charge in [-0.3, -0.25) is 0 Å². The Bertz CT molecular complexity index is 158. The van der Waals surface area contributed by atoms with Gasteiger partial charge < -0.3 is 22.9 Å². The molecule has 0 fully saturated rings. The predicted molar refractivity (Wildman–Crippen MR) is 77.5 cm³/mol. The largest absolute Gasteiger partial charge is 3.00 e. The summed E-state index contributed by atoms with van der Waals surface area (Å²) in [6.07, 6.45) is 0. The molecule has 0 saturated carbocycles. The molecule has 2 atom stereocenters. The Morgan fingerprint density at radius 1 is 0.941 bits per heavy atom. The first kappa shape index (κ1) is 30.2. The van der Waals surface area contributed by atoms with Crippen molar-refractivity contribution in [2.75, 3.05) is 13.1 Å². The van der Waals surface area contributed by atoms with Crippen molar-refractivity contribution < 1.29 is 16.8 Å². The minimum absolute atomic E-state index is 0. The van der Waals surface area contributed by atoms with E-state index >= 15 is 0 Å².